The van der Waals surface area contributed by atoms with Crippen molar-refractivity contribution in [1.82, 2.24) is 19.5 Å². The molecule has 1 N–H and O–H groups in total. The minimum absolute atomic E-state index is 0.104. The van der Waals surface area contributed by atoms with Gasteiger partial charge in [0.2, 0.25) is 0 Å². The van der Waals surface area contributed by atoms with E-state index in [9.17, 15) is 4.79 Å². The number of benzene rings is 1. The fourth-order valence-corrected chi connectivity index (χ4v) is 3.87. The zero-order chi connectivity index (χ0) is 16.5. The molecule has 4 rings (SSSR count). The van der Waals surface area contributed by atoms with Crippen LogP contribution in [0.5, 0.6) is 0 Å². The number of rotatable bonds is 4. The van der Waals surface area contributed by atoms with Crippen molar-refractivity contribution in [2.45, 2.75) is 19.9 Å². The molecule has 0 unspecified atom stereocenters. The van der Waals surface area contributed by atoms with Gasteiger partial charge >= 0.3 is 0 Å². The number of thiophene rings is 1. The number of H-pyrrole nitrogens is 1. The first-order chi connectivity index (χ1) is 11.7. The summed E-state index contributed by atoms with van der Waals surface area (Å²) in [6, 6.07) is 12.0. The van der Waals surface area contributed by atoms with E-state index in [0.717, 1.165) is 22.9 Å². The molecule has 24 heavy (non-hydrogen) atoms. The largest absolute Gasteiger partial charge is 0.330 e. The van der Waals surface area contributed by atoms with Crippen molar-refractivity contribution in [2.75, 3.05) is 0 Å². The van der Waals surface area contributed by atoms with Crippen LogP contribution in [-0.2, 0) is 13.0 Å². The molecule has 3 aromatic heterocycles. The van der Waals surface area contributed by atoms with Crippen LogP contribution in [0.4, 0.5) is 0 Å². The van der Waals surface area contributed by atoms with Gasteiger partial charge in [-0.3, -0.25) is 4.79 Å². The van der Waals surface area contributed by atoms with Crippen molar-refractivity contribution >= 4 is 21.4 Å². The Morgan fingerprint density at radius 1 is 1.25 bits per heavy atom. The maximum absolute atomic E-state index is 11.5. The fourth-order valence-electron chi connectivity index (χ4n) is 2.79. The summed E-state index contributed by atoms with van der Waals surface area (Å²) in [6.07, 6.45) is 4.44. The normalized spacial score (nSPS) is 11.2. The third kappa shape index (κ3) is 2.88. The number of fused-ring (bicyclic) bond motifs is 1. The molecular formula is C18H16N4OS. The monoisotopic (exact) mass is 336 g/mol. The van der Waals surface area contributed by atoms with Gasteiger partial charge in [-0.1, -0.05) is 18.2 Å². The van der Waals surface area contributed by atoms with E-state index in [1.54, 1.807) is 11.3 Å². The highest BCUT2D eigenvalue weighted by molar-refractivity contribution is 7.22. The second-order valence-electron chi connectivity index (χ2n) is 5.68. The van der Waals surface area contributed by atoms with Gasteiger partial charge in [0.25, 0.3) is 5.56 Å². The summed E-state index contributed by atoms with van der Waals surface area (Å²) in [5.74, 6) is 1.65. The Kier molecular flexibility index (Phi) is 3.74. The number of hydrogen-bond acceptors (Lipinski definition) is 4. The molecule has 3 heterocycles. The zero-order valence-electron chi connectivity index (χ0n) is 13.2. The number of aromatic nitrogens is 4. The Hall–Kier alpha value is -2.73. The third-order valence-corrected chi connectivity index (χ3v) is 4.98. The van der Waals surface area contributed by atoms with Gasteiger partial charge in [0.15, 0.2) is 0 Å². The van der Waals surface area contributed by atoms with E-state index >= 15 is 0 Å². The maximum Gasteiger partial charge on any atom is 0.251 e. The number of aromatic amines is 1. The number of imidazole rings is 1. The predicted octanol–water partition coefficient (Wildman–Crippen LogP) is 3.40. The molecule has 0 bridgehead atoms. The van der Waals surface area contributed by atoms with Gasteiger partial charge in [-0.25, -0.2) is 9.97 Å². The van der Waals surface area contributed by atoms with Gasteiger partial charge in [-0.05, 0) is 24.4 Å². The van der Waals surface area contributed by atoms with E-state index in [1.165, 1.54) is 16.2 Å². The summed E-state index contributed by atoms with van der Waals surface area (Å²) in [5.41, 5.74) is 0.636. The first-order valence-electron chi connectivity index (χ1n) is 7.76. The lowest BCUT2D eigenvalue weighted by atomic mass is 10.2. The van der Waals surface area contributed by atoms with Crippen LogP contribution in [-0.4, -0.2) is 19.5 Å². The van der Waals surface area contributed by atoms with E-state index in [-0.39, 0.29) is 5.56 Å². The third-order valence-electron chi connectivity index (χ3n) is 3.87. The molecule has 0 fully saturated rings. The van der Waals surface area contributed by atoms with Crippen LogP contribution in [0.1, 0.15) is 11.5 Å². The molecule has 5 nitrogen and oxygen atoms in total. The van der Waals surface area contributed by atoms with Gasteiger partial charge in [0, 0.05) is 41.8 Å². The Morgan fingerprint density at radius 3 is 2.96 bits per heavy atom. The molecule has 0 aliphatic rings. The molecule has 0 atom stereocenters. The van der Waals surface area contributed by atoms with Crippen LogP contribution in [0.25, 0.3) is 20.8 Å². The standard InChI is InChI=1S/C18H16N4OS/c1-12-10-17(23)21-16(20-12)6-8-22-9-7-19-18(22)15-11-13-4-2-3-5-14(13)24-15/h2-5,7,9-11H,6,8H2,1H3,(H,20,21,23). The predicted molar refractivity (Wildman–Crippen MR) is 96.3 cm³/mol. The first kappa shape index (κ1) is 14.8. The van der Waals surface area contributed by atoms with Gasteiger partial charge in [0.05, 0.1) is 4.88 Å². The average Bonchev–Trinajstić information content (AvgIpc) is 3.18. The highest BCUT2D eigenvalue weighted by Crippen LogP contribution is 2.32. The molecule has 0 saturated carbocycles. The second-order valence-corrected chi connectivity index (χ2v) is 6.76. The Morgan fingerprint density at radius 2 is 2.12 bits per heavy atom. The van der Waals surface area contributed by atoms with Gasteiger partial charge in [-0.15, -0.1) is 11.3 Å². The summed E-state index contributed by atoms with van der Waals surface area (Å²) >= 11 is 1.74. The van der Waals surface area contributed by atoms with Gasteiger partial charge < -0.3 is 9.55 Å². The van der Waals surface area contributed by atoms with Crippen molar-refractivity contribution < 1.29 is 0 Å². The fraction of sp³-hybridized carbons (Fsp3) is 0.167. The highest BCUT2D eigenvalue weighted by atomic mass is 32.1. The minimum atomic E-state index is -0.104. The van der Waals surface area contributed by atoms with Gasteiger partial charge in [-0.2, -0.15) is 0 Å². The number of nitrogens with zero attached hydrogens (tertiary/aromatic N) is 3. The molecule has 120 valence electrons. The molecule has 0 amide bonds. The van der Waals surface area contributed by atoms with Crippen molar-refractivity contribution in [3.05, 3.63) is 70.7 Å². The second kappa shape index (κ2) is 6.05. The number of aryl methyl sites for hydroxylation is 3. The average molecular weight is 336 g/mol. The summed E-state index contributed by atoms with van der Waals surface area (Å²) in [7, 11) is 0. The van der Waals surface area contributed by atoms with Crippen molar-refractivity contribution in [2.24, 2.45) is 0 Å². The summed E-state index contributed by atoms with van der Waals surface area (Å²) in [6.45, 7) is 2.55. The minimum Gasteiger partial charge on any atom is -0.330 e. The molecule has 0 spiro atoms. The molecule has 0 aliphatic carbocycles. The molecule has 0 radical (unpaired) electrons. The molecule has 6 heteroatoms. The number of hydrogen-bond donors (Lipinski definition) is 1. The van der Waals surface area contributed by atoms with Crippen LogP contribution in [0.3, 0.4) is 0 Å². The molecule has 0 aliphatic heterocycles. The van der Waals surface area contributed by atoms with E-state index in [2.05, 4.69) is 43.8 Å². The smallest absolute Gasteiger partial charge is 0.251 e. The lowest BCUT2D eigenvalue weighted by Gasteiger charge is -2.06. The molecular weight excluding hydrogens is 320 g/mol. The summed E-state index contributed by atoms with van der Waals surface area (Å²) in [5, 5.41) is 1.23. The van der Waals surface area contributed by atoms with E-state index in [1.807, 2.05) is 25.4 Å². The lowest BCUT2D eigenvalue weighted by Crippen LogP contribution is -2.13. The van der Waals surface area contributed by atoms with Crippen molar-refractivity contribution in [3.63, 3.8) is 0 Å². The Bertz CT molecular complexity index is 1030. The zero-order valence-corrected chi connectivity index (χ0v) is 14.0. The maximum atomic E-state index is 11.5. The number of nitrogens with one attached hydrogen (secondary N) is 1. The first-order valence-corrected chi connectivity index (χ1v) is 8.57. The lowest BCUT2D eigenvalue weighted by molar-refractivity contribution is 0.673. The van der Waals surface area contributed by atoms with Crippen LogP contribution in [0.15, 0.2) is 53.6 Å². The van der Waals surface area contributed by atoms with Crippen LogP contribution >= 0.6 is 11.3 Å². The summed E-state index contributed by atoms with van der Waals surface area (Å²) in [4.78, 5) is 24.4. The van der Waals surface area contributed by atoms with Crippen LogP contribution < -0.4 is 5.56 Å². The van der Waals surface area contributed by atoms with E-state index < -0.39 is 0 Å². The quantitative estimate of drug-likeness (QED) is 0.621. The van der Waals surface area contributed by atoms with E-state index in [0.29, 0.717) is 12.2 Å². The molecule has 1 aromatic carbocycles. The van der Waals surface area contributed by atoms with Crippen LogP contribution in [0, 0.1) is 6.92 Å². The van der Waals surface area contributed by atoms with E-state index in [4.69, 9.17) is 0 Å². The highest BCUT2D eigenvalue weighted by Gasteiger charge is 2.10. The van der Waals surface area contributed by atoms with Gasteiger partial charge in [0.1, 0.15) is 11.6 Å². The van der Waals surface area contributed by atoms with Crippen molar-refractivity contribution in [3.8, 4) is 10.7 Å². The Balaban J connectivity index is 1.61. The topological polar surface area (TPSA) is 63.6 Å². The Labute approximate surface area is 142 Å². The molecule has 4 aromatic rings. The summed E-state index contributed by atoms with van der Waals surface area (Å²) < 4.78 is 3.36. The van der Waals surface area contributed by atoms with Crippen molar-refractivity contribution in [1.29, 1.82) is 0 Å². The van der Waals surface area contributed by atoms with Crippen LogP contribution in [0.2, 0.25) is 0 Å². The SMILES string of the molecule is Cc1cc(=O)[nH]c(CCn2ccnc2-c2cc3ccccc3s2)n1. The molecule has 0 saturated heterocycles.